The van der Waals surface area contributed by atoms with Gasteiger partial charge in [0, 0.05) is 27.9 Å². The fourth-order valence-corrected chi connectivity index (χ4v) is 5.11. The average molecular weight is 563 g/mol. The van der Waals surface area contributed by atoms with Crippen molar-refractivity contribution in [2.45, 2.75) is 57.1 Å². The molecule has 1 aliphatic rings. The summed E-state index contributed by atoms with van der Waals surface area (Å²) >= 11 is 0. The molecule has 1 fully saturated rings. The molecule has 1 heterocycles. The lowest BCUT2D eigenvalue weighted by molar-refractivity contribution is -0.319. The molecule has 5 atom stereocenters. The third-order valence-electron chi connectivity index (χ3n) is 6.73. The zero-order valence-corrected chi connectivity index (χ0v) is 23.4. The number of methoxy groups -OCH3 is 1. The first kappa shape index (κ1) is 29.9. The van der Waals surface area contributed by atoms with Gasteiger partial charge in [-0.25, -0.2) is 0 Å². The van der Waals surface area contributed by atoms with Gasteiger partial charge in [-0.15, -0.1) is 0 Å². The zero-order valence-electron chi connectivity index (χ0n) is 23.4. The van der Waals surface area contributed by atoms with E-state index in [1.807, 2.05) is 91.0 Å². The molecule has 0 unspecified atom stereocenters. The average Bonchev–Trinajstić information content (AvgIpc) is 2.97. The molecular weight excluding hydrogens is 528 g/mol. The van der Waals surface area contributed by atoms with E-state index in [0.717, 1.165) is 16.7 Å². The van der Waals surface area contributed by atoms with Gasteiger partial charge in [-0.3, -0.25) is 14.4 Å². The summed E-state index contributed by atoms with van der Waals surface area (Å²) in [6.45, 7) is 3.47. The molecule has 216 valence electrons. The van der Waals surface area contributed by atoms with Crippen molar-refractivity contribution < 1.29 is 42.8 Å². The summed E-state index contributed by atoms with van der Waals surface area (Å²) in [5.41, 5.74) is 1.14. The van der Waals surface area contributed by atoms with Crippen LogP contribution in [0.1, 0.15) is 37.5 Å². The summed E-state index contributed by atoms with van der Waals surface area (Å²) in [7, 11) is 1.43. The van der Waals surface area contributed by atoms with Gasteiger partial charge in [0.2, 0.25) is 0 Å². The van der Waals surface area contributed by atoms with Crippen molar-refractivity contribution in [3.05, 3.63) is 108 Å². The van der Waals surface area contributed by atoms with E-state index in [9.17, 15) is 14.4 Å². The second kappa shape index (κ2) is 13.5. The molecule has 41 heavy (non-hydrogen) atoms. The molecule has 1 aliphatic heterocycles. The van der Waals surface area contributed by atoms with Crippen LogP contribution in [-0.4, -0.2) is 62.3 Å². The number of hydrogen-bond donors (Lipinski definition) is 0. The van der Waals surface area contributed by atoms with Crippen LogP contribution in [0.15, 0.2) is 91.0 Å². The van der Waals surface area contributed by atoms with E-state index in [1.165, 1.54) is 27.9 Å². The standard InChI is InChI=1S/C32H34O9/c1-21(33)37-20-27-28(38-22(2)34)29(39-23(3)35)30(31(36-4)40-27)41-32(24-14-8-5-9-15-24,25-16-10-6-11-17-25)26-18-12-7-13-19-26/h5-19,27-31H,20H2,1-4H3/t27-,28-,29+,30-,31-/m1/s1. The predicted molar refractivity (Wildman–Crippen MR) is 147 cm³/mol. The molecule has 0 saturated carbocycles. The Bertz CT molecular complexity index is 1200. The van der Waals surface area contributed by atoms with Crippen LogP contribution in [0.5, 0.6) is 0 Å². The number of benzene rings is 3. The van der Waals surface area contributed by atoms with Crippen LogP contribution in [0.4, 0.5) is 0 Å². The second-order valence-corrected chi connectivity index (χ2v) is 9.59. The number of carbonyl (C=O) groups is 3. The lowest BCUT2D eigenvalue weighted by Gasteiger charge is -2.48. The van der Waals surface area contributed by atoms with Gasteiger partial charge >= 0.3 is 17.9 Å². The van der Waals surface area contributed by atoms with Gasteiger partial charge < -0.3 is 28.4 Å². The zero-order chi connectivity index (χ0) is 29.4. The molecule has 0 aliphatic carbocycles. The maximum atomic E-state index is 12.4. The minimum absolute atomic E-state index is 0.265. The van der Waals surface area contributed by atoms with Crippen LogP contribution in [0.25, 0.3) is 0 Å². The number of ether oxygens (including phenoxy) is 6. The Hall–Kier alpha value is -4.05. The van der Waals surface area contributed by atoms with Gasteiger partial charge in [0.25, 0.3) is 0 Å². The van der Waals surface area contributed by atoms with E-state index in [0.29, 0.717) is 0 Å². The van der Waals surface area contributed by atoms with Crippen molar-refractivity contribution in [1.29, 1.82) is 0 Å². The maximum Gasteiger partial charge on any atom is 0.303 e. The van der Waals surface area contributed by atoms with Gasteiger partial charge in [-0.1, -0.05) is 91.0 Å². The van der Waals surface area contributed by atoms with Crippen molar-refractivity contribution in [3.63, 3.8) is 0 Å². The molecule has 9 nitrogen and oxygen atoms in total. The minimum atomic E-state index is -1.24. The van der Waals surface area contributed by atoms with E-state index in [2.05, 4.69) is 0 Å². The van der Waals surface area contributed by atoms with Gasteiger partial charge in [0.1, 0.15) is 18.3 Å². The molecule has 4 rings (SSSR count). The van der Waals surface area contributed by atoms with Crippen molar-refractivity contribution in [2.24, 2.45) is 0 Å². The topological polar surface area (TPSA) is 107 Å². The maximum absolute atomic E-state index is 12.4. The molecule has 1 saturated heterocycles. The van der Waals surface area contributed by atoms with Crippen molar-refractivity contribution in [3.8, 4) is 0 Å². The third kappa shape index (κ3) is 6.82. The van der Waals surface area contributed by atoms with Crippen molar-refractivity contribution in [1.82, 2.24) is 0 Å². The Morgan fingerprint density at radius 3 is 1.49 bits per heavy atom. The van der Waals surface area contributed by atoms with E-state index in [-0.39, 0.29) is 6.61 Å². The van der Waals surface area contributed by atoms with E-state index < -0.39 is 54.2 Å². The molecule has 0 bridgehead atoms. The highest BCUT2D eigenvalue weighted by molar-refractivity contribution is 5.68. The highest BCUT2D eigenvalue weighted by Gasteiger charge is 2.54. The van der Waals surface area contributed by atoms with Crippen LogP contribution in [0.2, 0.25) is 0 Å². The number of rotatable bonds is 10. The molecule has 3 aromatic carbocycles. The van der Waals surface area contributed by atoms with Gasteiger partial charge in [-0.05, 0) is 16.7 Å². The normalized spacial score (nSPS) is 22.4. The summed E-state index contributed by atoms with van der Waals surface area (Å²) < 4.78 is 35.7. The molecule has 0 radical (unpaired) electrons. The van der Waals surface area contributed by atoms with Crippen molar-refractivity contribution >= 4 is 17.9 Å². The summed E-state index contributed by atoms with van der Waals surface area (Å²) in [6.07, 6.45) is -5.58. The Labute approximate surface area is 239 Å². The van der Waals surface area contributed by atoms with Crippen LogP contribution >= 0.6 is 0 Å². The Morgan fingerprint density at radius 1 is 0.659 bits per heavy atom. The van der Waals surface area contributed by atoms with Crippen LogP contribution in [-0.2, 0) is 48.4 Å². The molecule has 0 amide bonds. The Kier molecular flexibility index (Phi) is 9.88. The SMILES string of the molecule is CO[C@@H]1O[C@H](COC(C)=O)[C@@H](OC(C)=O)[C@H](OC(C)=O)[C@H]1OC(c1ccccc1)(c1ccccc1)c1ccccc1. The first-order valence-corrected chi connectivity index (χ1v) is 13.3. The molecular formula is C32H34O9. The Morgan fingerprint density at radius 2 is 1.10 bits per heavy atom. The fraction of sp³-hybridized carbons (Fsp3) is 0.344. The summed E-state index contributed by atoms with van der Waals surface area (Å²) in [4.78, 5) is 36.3. The minimum Gasteiger partial charge on any atom is -0.463 e. The predicted octanol–water partition coefficient (Wildman–Crippen LogP) is 4.16. The van der Waals surface area contributed by atoms with Gasteiger partial charge in [0.15, 0.2) is 24.6 Å². The highest BCUT2D eigenvalue weighted by Crippen LogP contribution is 2.44. The van der Waals surface area contributed by atoms with E-state index in [4.69, 9.17) is 28.4 Å². The summed E-state index contributed by atoms with van der Waals surface area (Å²) in [5.74, 6) is -1.82. The number of hydrogen-bond acceptors (Lipinski definition) is 9. The molecule has 3 aromatic rings. The van der Waals surface area contributed by atoms with E-state index >= 15 is 0 Å². The molecule has 0 aromatic heterocycles. The summed E-state index contributed by atoms with van der Waals surface area (Å²) in [5, 5.41) is 0. The molecule has 0 spiro atoms. The molecule has 0 N–H and O–H groups in total. The first-order chi connectivity index (χ1) is 19.8. The number of carbonyl (C=O) groups excluding carboxylic acids is 3. The lowest BCUT2D eigenvalue weighted by Crippen LogP contribution is -2.64. The van der Waals surface area contributed by atoms with Crippen LogP contribution < -0.4 is 0 Å². The highest BCUT2D eigenvalue weighted by atomic mass is 16.7. The Balaban J connectivity index is 1.92. The van der Waals surface area contributed by atoms with Crippen LogP contribution in [0, 0.1) is 0 Å². The first-order valence-electron chi connectivity index (χ1n) is 13.3. The second-order valence-electron chi connectivity index (χ2n) is 9.59. The van der Waals surface area contributed by atoms with Gasteiger partial charge in [-0.2, -0.15) is 0 Å². The summed E-state index contributed by atoms with van der Waals surface area (Å²) in [6, 6.07) is 28.8. The lowest BCUT2D eigenvalue weighted by atomic mass is 9.79. The largest absolute Gasteiger partial charge is 0.463 e. The smallest absolute Gasteiger partial charge is 0.303 e. The number of esters is 3. The monoisotopic (exact) mass is 562 g/mol. The quantitative estimate of drug-likeness (QED) is 0.205. The molecule has 9 heteroatoms. The van der Waals surface area contributed by atoms with E-state index in [1.54, 1.807) is 0 Å². The fourth-order valence-electron chi connectivity index (χ4n) is 5.11. The van der Waals surface area contributed by atoms with Crippen LogP contribution in [0.3, 0.4) is 0 Å². The third-order valence-corrected chi connectivity index (χ3v) is 6.73. The van der Waals surface area contributed by atoms with Gasteiger partial charge in [0.05, 0.1) is 0 Å². The van der Waals surface area contributed by atoms with Crippen molar-refractivity contribution in [2.75, 3.05) is 13.7 Å².